The SMILES string of the molecule is CN(CC(=O)Nc1ccccc1Cl)C(=O)C[NH+]1CCC[C@@H](C(N)=O)C1. The standard InChI is InChI=1S/C17H23ClN4O3/c1-21(10-15(23)20-14-7-3-2-6-13(14)18)16(24)11-22-8-4-5-12(9-22)17(19)25/h2-3,6-7,12H,4-5,8-11H2,1H3,(H2,19,25)(H,20,23)/p+1/t12-/m1/s1. The molecular formula is C17H24ClN4O3+. The van der Waals surface area contributed by atoms with Gasteiger partial charge in [0.15, 0.2) is 6.54 Å². The van der Waals surface area contributed by atoms with E-state index in [1.54, 1.807) is 31.3 Å². The zero-order valence-electron chi connectivity index (χ0n) is 14.3. The first-order chi connectivity index (χ1) is 11.9. The van der Waals surface area contributed by atoms with E-state index in [9.17, 15) is 14.4 Å². The zero-order valence-corrected chi connectivity index (χ0v) is 15.0. The molecule has 0 spiro atoms. The summed E-state index contributed by atoms with van der Waals surface area (Å²) in [6.07, 6.45) is 1.65. The number of nitrogens with two attached hydrogens (primary N) is 1. The minimum Gasteiger partial charge on any atom is -0.369 e. The second-order valence-corrected chi connectivity index (χ2v) is 6.81. The van der Waals surface area contributed by atoms with Gasteiger partial charge in [0.25, 0.3) is 5.91 Å². The van der Waals surface area contributed by atoms with Crippen LogP contribution in [0.25, 0.3) is 0 Å². The van der Waals surface area contributed by atoms with Crippen LogP contribution in [0.5, 0.6) is 0 Å². The number of carbonyl (C=O) groups is 3. The van der Waals surface area contributed by atoms with Crippen LogP contribution in [0.3, 0.4) is 0 Å². The Hall–Kier alpha value is -2.12. The number of likely N-dealkylation sites (tertiary alicyclic amines) is 1. The van der Waals surface area contributed by atoms with E-state index in [-0.39, 0.29) is 36.7 Å². The molecule has 25 heavy (non-hydrogen) atoms. The Kier molecular flexibility index (Phi) is 6.78. The van der Waals surface area contributed by atoms with E-state index >= 15 is 0 Å². The Balaban J connectivity index is 1.82. The van der Waals surface area contributed by atoms with E-state index in [1.807, 2.05) is 0 Å². The molecule has 1 heterocycles. The van der Waals surface area contributed by atoms with Crippen molar-refractivity contribution >= 4 is 35.0 Å². The fourth-order valence-electron chi connectivity index (χ4n) is 2.96. The van der Waals surface area contributed by atoms with E-state index in [4.69, 9.17) is 17.3 Å². The number of hydrogen-bond acceptors (Lipinski definition) is 3. The number of hydrogen-bond donors (Lipinski definition) is 3. The van der Waals surface area contributed by atoms with Gasteiger partial charge in [0.1, 0.15) is 0 Å². The van der Waals surface area contributed by atoms with Crippen LogP contribution in [0.4, 0.5) is 5.69 Å². The molecule has 1 aliphatic rings. The average Bonchev–Trinajstić information content (AvgIpc) is 2.57. The first-order valence-electron chi connectivity index (χ1n) is 8.28. The predicted molar refractivity (Wildman–Crippen MR) is 95.2 cm³/mol. The number of piperidine rings is 1. The van der Waals surface area contributed by atoms with Gasteiger partial charge in [0, 0.05) is 7.05 Å². The highest BCUT2D eigenvalue weighted by molar-refractivity contribution is 6.33. The second kappa shape index (κ2) is 8.82. The van der Waals surface area contributed by atoms with Crippen LogP contribution in [0.1, 0.15) is 12.8 Å². The molecular weight excluding hydrogens is 344 g/mol. The maximum Gasteiger partial charge on any atom is 0.277 e. The fourth-order valence-corrected chi connectivity index (χ4v) is 3.14. The highest BCUT2D eigenvalue weighted by Crippen LogP contribution is 2.20. The summed E-state index contributed by atoms with van der Waals surface area (Å²) >= 11 is 6.00. The monoisotopic (exact) mass is 367 g/mol. The lowest BCUT2D eigenvalue weighted by atomic mass is 9.97. The number of likely N-dealkylation sites (N-methyl/N-ethyl adjacent to an activating group) is 1. The lowest BCUT2D eigenvalue weighted by Gasteiger charge is -2.29. The van der Waals surface area contributed by atoms with Crippen molar-refractivity contribution in [2.75, 3.05) is 38.5 Å². The number of para-hydroxylation sites is 1. The molecule has 1 fully saturated rings. The third-order valence-electron chi connectivity index (χ3n) is 4.38. The molecule has 2 rings (SSSR count). The first-order valence-corrected chi connectivity index (χ1v) is 8.66. The summed E-state index contributed by atoms with van der Waals surface area (Å²) in [5.74, 6) is -0.940. The molecule has 1 saturated heterocycles. The summed E-state index contributed by atoms with van der Waals surface area (Å²) < 4.78 is 0. The normalized spacial score (nSPS) is 19.9. The number of quaternary nitrogens is 1. The number of amides is 3. The number of halogens is 1. The Labute approximate surface area is 152 Å². The number of benzene rings is 1. The van der Waals surface area contributed by atoms with Crippen LogP contribution in [0, 0.1) is 5.92 Å². The minimum atomic E-state index is -0.312. The van der Waals surface area contributed by atoms with Gasteiger partial charge in [-0.1, -0.05) is 23.7 Å². The smallest absolute Gasteiger partial charge is 0.277 e. The van der Waals surface area contributed by atoms with Gasteiger partial charge in [0.05, 0.1) is 36.3 Å². The number of nitrogens with one attached hydrogen (secondary N) is 2. The quantitative estimate of drug-likeness (QED) is 0.633. The van der Waals surface area contributed by atoms with Crippen LogP contribution in [0.15, 0.2) is 24.3 Å². The van der Waals surface area contributed by atoms with Crippen LogP contribution < -0.4 is 16.0 Å². The lowest BCUT2D eigenvalue weighted by molar-refractivity contribution is -0.899. The molecule has 1 aromatic carbocycles. The molecule has 1 unspecified atom stereocenters. The Morgan fingerprint density at radius 1 is 1.36 bits per heavy atom. The van der Waals surface area contributed by atoms with Gasteiger partial charge >= 0.3 is 0 Å². The number of rotatable bonds is 6. The highest BCUT2D eigenvalue weighted by Gasteiger charge is 2.29. The molecule has 1 aliphatic heterocycles. The maximum atomic E-state index is 12.3. The third-order valence-corrected chi connectivity index (χ3v) is 4.71. The largest absolute Gasteiger partial charge is 0.369 e. The maximum absolute atomic E-state index is 12.3. The number of anilines is 1. The zero-order chi connectivity index (χ0) is 18.4. The lowest BCUT2D eigenvalue weighted by Crippen LogP contribution is -3.14. The Morgan fingerprint density at radius 3 is 2.76 bits per heavy atom. The topological polar surface area (TPSA) is 96.9 Å². The Morgan fingerprint density at radius 2 is 2.08 bits per heavy atom. The average molecular weight is 368 g/mol. The van der Waals surface area contributed by atoms with Crippen LogP contribution in [-0.2, 0) is 14.4 Å². The van der Waals surface area contributed by atoms with Crippen molar-refractivity contribution in [1.82, 2.24) is 4.90 Å². The van der Waals surface area contributed by atoms with Crippen molar-refractivity contribution in [3.05, 3.63) is 29.3 Å². The molecule has 0 radical (unpaired) electrons. The Bertz CT molecular complexity index is 653. The predicted octanol–water partition coefficient (Wildman–Crippen LogP) is -0.483. The van der Waals surface area contributed by atoms with Gasteiger partial charge in [0.2, 0.25) is 11.8 Å². The van der Waals surface area contributed by atoms with E-state index in [0.717, 1.165) is 24.3 Å². The number of carbonyl (C=O) groups excluding carboxylic acids is 3. The summed E-state index contributed by atoms with van der Waals surface area (Å²) in [5, 5.41) is 3.13. The highest BCUT2D eigenvalue weighted by atomic mass is 35.5. The molecule has 136 valence electrons. The molecule has 8 heteroatoms. The van der Waals surface area contributed by atoms with Crippen molar-refractivity contribution in [2.45, 2.75) is 12.8 Å². The third kappa shape index (κ3) is 5.72. The molecule has 0 aromatic heterocycles. The number of nitrogens with zero attached hydrogens (tertiary/aromatic N) is 1. The van der Waals surface area contributed by atoms with Gasteiger partial charge in [-0.05, 0) is 25.0 Å². The molecule has 1 aromatic rings. The summed E-state index contributed by atoms with van der Waals surface area (Å²) in [7, 11) is 1.59. The van der Waals surface area contributed by atoms with Gasteiger partial charge in [-0.15, -0.1) is 0 Å². The molecule has 0 bridgehead atoms. The molecule has 3 amide bonds. The van der Waals surface area contributed by atoms with Gasteiger partial charge < -0.3 is 20.9 Å². The molecule has 7 nitrogen and oxygen atoms in total. The second-order valence-electron chi connectivity index (χ2n) is 6.40. The first kappa shape index (κ1) is 19.2. The van der Waals surface area contributed by atoms with Crippen LogP contribution in [-0.4, -0.2) is 55.8 Å². The minimum absolute atomic E-state index is 0.0589. The summed E-state index contributed by atoms with van der Waals surface area (Å²) in [6.45, 7) is 1.59. The fraction of sp³-hybridized carbons (Fsp3) is 0.471. The van der Waals surface area contributed by atoms with Crippen molar-refractivity contribution in [3.63, 3.8) is 0 Å². The summed E-state index contributed by atoms with van der Waals surface area (Å²) in [4.78, 5) is 38.1. The molecule has 2 atom stereocenters. The van der Waals surface area contributed by atoms with E-state index in [0.29, 0.717) is 17.3 Å². The van der Waals surface area contributed by atoms with E-state index in [1.165, 1.54) is 4.90 Å². The van der Waals surface area contributed by atoms with Crippen molar-refractivity contribution < 1.29 is 19.3 Å². The van der Waals surface area contributed by atoms with Gasteiger partial charge in [-0.3, -0.25) is 14.4 Å². The summed E-state index contributed by atoms with van der Waals surface area (Å²) in [6, 6.07) is 6.92. The van der Waals surface area contributed by atoms with E-state index < -0.39 is 0 Å². The van der Waals surface area contributed by atoms with Gasteiger partial charge in [-0.2, -0.15) is 0 Å². The van der Waals surface area contributed by atoms with Crippen molar-refractivity contribution in [3.8, 4) is 0 Å². The van der Waals surface area contributed by atoms with E-state index in [2.05, 4.69) is 5.32 Å². The van der Waals surface area contributed by atoms with Crippen molar-refractivity contribution in [2.24, 2.45) is 11.7 Å². The summed E-state index contributed by atoms with van der Waals surface area (Å²) in [5.41, 5.74) is 5.87. The van der Waals surface area contributed by atoms with Crippen LogP contribution >= 0.6 is 11.6 Å². The molecule has 0 saturated carbocycles. The molecule has 4 N–H and O–H groups in total. The van der Waals surface area contributed by atoms with Crippen LogP contribution in [0.2, 0.25) is 5.02 Å². The number of primary amides is 1. The van der Waals surface area contributed by atoms with Crippen molar-refractivity contribution in [1.29, 1.82) is 0 Å². The molecule has 0 aliphatic carbocycles. The van der Waals surface area contributed by atoms with Gasteiger partial charge in [-0.25, -0.2) is 0 Å².